The summed E-state index contributed by atoms with van der Waals surface area (Å²) < 4.78 is 3.97. The Bertz CT molecular complexity index is 965. The van der Waals surface area contributed by atoms with E-state index in [1.54, 1.807) is 0 Å². The maximum Gasteiger partial charge on any atom is 0.225 e. The van der Waals surface area contributed by atoms with E-state index in [4.69, 9.17) is 4.98 Å². The van der Waals surface area contributed by atoms with Gasteiger partial charge < -0.3 is 4.90 Å². The Morgan fingerprint density at radius 1 is 1.04 bits per heavy atom. The summed E-state index contributed by atoms with van der Waals surface area (Å²) in [6, 6.07) is 2.29. The quantitative estimate of drug-likeness (QED) is 0.690. The third kappa shape index (κ3) is 3.46. The van der Waals surface area contributed by atoms with Crippen LogP contribution in [0.25, 0.3) is 11.3 Å². The van der Waals surface area contributed by atoms with Gasteiger partial charge >= 0.3 is 0 Å². The van der Waals surface area contributed by atoms with Crippen molar-refractivity contribution in [3.63, 3.8) is 0 Å². The van der Waals surface area contributed by atoms with Crippen LogP contribution in [0.5, 0.6) is 0 Å². The number of rotatable bonds is 5. The Kier molecular flexibility index (Phi) is 5.04. The molecule has 3 heterocycles. The van der Waals surface area contributed by atoms with Crippen molar-refractivity contribution in [1.29, 1.82) is 0 Å². The number of nitrogens with zero attached hydrogens (tertiary/aromatic N) is 7. The minimum Gasteiger partial charge on any atom is -0.339 e. The Balaban J connectivity index is 1.92. The smallest absolute Gasteiger partial charge is 0.225 e. The zero-order valence-corrected chi connectivity index (χ0v) is 17.6. The minimum atomic E-state index is 0.346. The summed E-state index contributed by atoms with van der Waals surface area (Å²) in [4.78, 5) is 11.4. The lowest BCUT2D eigenvalue weighted by atomic mass is 10.1. The van der Waals surface area contributed by atoms with Crippen LogP contribution < -0.4 is 4.90 Å². The number of aromatic nitrogens is 6. The van der Waals surface area contributed by atoms with Crippen molar-refractivity contribution < 1.29 is 0 Å². The normalized spacial score (nSPS) is 11.4. The molecule has 0 aliphatic carbocycles. The molecule has 0 saturated carbocycles. The molecule has 3 aromatic rings. The maximum absolute atomic E-state index is 4.81. The zero-order chi connectivity index (χ0) is 19.9. The van der Waals surface area contributed by atoms with Crippen molar-refractivity contribution in [3.8, 4) is 11.3 Å². The molecule has 0 aromatic carbocycles. The Morgan fingerprint density at radius 2 is 1.74 bits per heavy atom. The summed E-state index contributed by atoms with van der Waals surface area (Å²) in [5, 5.41) is 9.19. The van der Waals surface area contributed by atoms with E-state index in [9.17, 15) is 0 Å². The lowest BCUT2D eigenvalue weighted by Crippen LogP contribution is -2.20. The number of hydrogen-bond acceptors (Lipinski definition) is 5. The highest BCUT2D eigenvalue weighted by molar-refractivity contribution is 5.65. The molecule has 3 aromatic heterocycles. The van der Waals surface area contributed by atoms with Crippen LogP contribution in [0.2, 0.25) is 0 Å². The average Bonchev–Trinajstić information content (AvgIpc) is 3.04. The van der Waals surface area contributed by atoms with E-state index >= 15 is 0 Å². The molecule has 0 aliphatic rings. The second-order valence-electron chi connectivity index (χ2n) is 7.46. The van der Waals surface area contributed by atoms with Gasteiger partial charge in [0.15, 0.2) is 0 Å². The fraction of sp³-hybridized carbons (Fsp3) is 0.500. The van der Waals surface area contributed by atoms with Gasteiger partial charge in [0, 0.05) is 55.4 Å². The van der Waals surface area contributed by atoms with Gasteiger partial charge in [0.25, 0.3) is 0 Å². The number of anilines is 1. The van der Waals surface area contributed by atoms with Crippen LogP contribution in [0, 0.1) is 27.7 Å². The van der Waals surface area contributed by atoms with E-state index in [1.165, 1.54) is 11.3 Å². The summed E-state index contributed by atoms with van der Waals surface area (Å²) in [6.45, 7) is 13.3. The number of hydrogen-bond donors (Lipinski definition) is 0. The highest BCUT2D eigenvalue weighted by Gasteiger charge is 2.18. The predicted molar refractivity (Wildman–Crippen MR) is 108 cm³/mol. The summed E-state index contributed by atoms with van der Waals surface area (Å²) in [5.41, 5.74) is 7.55. The third-order valence-electron chi connectivity index (χ3n) is 5.11. The molecule has 0 unspecified atom stereocenters. The van der Waals surface area contributed by atoms with E-state index in [1.807, 2.05) is 38.0 Å². The highest BCUT2D eigenvalue weighted by atomic mass is 15.3. The van der Waals surface area contributed by atoms with E-state index in [2.05, 4.69) is 59.4 Å². The first-order chi connectivity index (χ1) is 12.7. The monoisotopic (exact) mass is 367 g/mol. The summed E-state index contributed by atoms with van der Waals surface area (Å²) in [5.74, 6) is 0.700. The first-order valence-corrected chi connectivity index (χ1v) is 9.30. The van der Waals surface area contributed by atoms with Gasteiger partial charge in [-0.2, -0.15) is 10.2 Å². The van der Waals surface area contributed by atoms with E-state index in [0.717, 1.165) is 34.9 Å². The molecule has 0 N–H and O–H groups in total. The fourth-order valence-electron chi connectivity index (χ4n) is 3.55. The van der Waals surface area contributed by atoms with Crippen LogP contribution in [0.4, 0.5) is 5.95 Å². The summed E-state index contributed by atoms with van der Waals surface area (Å²) in [7, 11) is 3.98. The highest BCUT2D eigenvalue weighted by Crippen LogP contribution is 2.26. The molecule has 0 spiro atoms. The minimum absolute atomic E-state index is 0.346. The van der Waals surface area contributed by atoms with Crippen molar-refractivity contribution in [2.45, 2.75) is 54.1 Å². The van der Waals surface area contributed by atoms with Gasteiger partial charge in [-0.1, -0.05) is 0 Å². The molecular formula is C20H29N7. The molecule has 0 aliphatic heterocycles. The molecular weight excluding hydrogens is 338 g/mol. The Hall–Kier alpha value is -2.70. The van der Waals surface area contributed by atoms with Crippen LogP contribution in [-0.4, -0.2) is 36.6 Å². The molecule has 0 fully saturated rings. The molecule has 0 saturated heterocycles. The SMILES string of the molecule is Cc1nn(C(C)C)c(C)c1CN(C)c1nccc(-c2c(C)nn(C)c2C)n1. The topological polar surface area (TPSA) is 64.7 Å². The molecule has 27 heavy (non-hydrogen) atoms. The van der Waals surface area contributed by atoms with Crippen molar-refractivity contribution in [2.24, 2.45) is 7.05 Å². The maximum atomic E-state index is 4.81. The third-order valence-corrected chi connectivity index (χ3v) is 5.11. The Morgan fingerprint density at radius 3 is 2.30 bits per heavy atom. The summed E-state index contributed by atoms with van der Waals surface area (Å²) in [6.07, 6.45) is 1.82. The lowest BCUT2D eigenvalue weighted by molar-refractivity contribution is 0.515. The number of aryl methyl sites for hydroxylation is 3. The first-order valence-electron chi connectivity index (χ1n) is 9.30. The fourth-order valence-corrected chi connectivity index (χ4v) is 3.55. The average molecular weight is 368 g/mol. The van der Waals surface area contributed by atoms with Gasteiger partial charge in [-0.05, 0) is 47.6 Å². The van der Waals surface area contributed by atoms with Gasteiger partial charge in [0.1, 0.15) is 0 Å². The van der Waals surface area contributed by atoms with Crippen LogP contribution in [0.15, 0.2) is 12.3 Å². The standard InChI is InChI=1S/C20H29N7/c1-12(2)27-15(5)17(13(3)24-27)11-25(7)20-21-10-9-18(22-20)19-14(4)23-26(8)16(19)6/h9-10,12H,11H2,1-8H3. The van der Waals surface area contributed by atoms with Gasteiger partial charge in [0.2, 0.25) is 5.95 Å². The van der Waals surface area contributed by atoms with Gasteiger partial charge in [0.05, 0.1) is 17.1 Å². The molecule has 7 nitrogen and oxygen atoms in total. The second kappa shape index (κ2) is 7.13. The van der Waals surface area contributed by atoms with E-state index in [-0.39, 0.29) is 0 Å². The van der Waals surface area contributed by atoms with Gasteiger partial charge in [-0.15, -0.1) is 0 Å². The molecule has 144 valence electrons. The Labute approximate surface area is 161 Å². The molecule has 0 atom stereocenters. The molecule has 0 amide bonds. The van der Waals surface area contributed by atoms with Crippen molar-refractivity contribution in [2.75, 3.05) is 11.9 Å². The van der Waals surface area contributed by atoms with Crippen molar-refractivity contribution in [1.82, 2.24) is 29.5 Å². The van der Waals surface area contributed by atoms with Gasteiger partial charge in [-0.25, -0.2) is 9.97 Å². The first kappa shape index (κ1) is 19.1. The molecule has 0 radical (unpaired) electrons. The van der Waals surface area contributed by atoms with E-state index < -0.39 is 0 Å². The molecule has 3 rings (SSSR count). The van der Waals surface area contributed by atoms with Crippen LogP contribution in [0.3, 0.4) is 0 Å². The molecule has 7 heteroatoms. The van der Waals surface area contributed by atoms with Crippen molar-refractivity contribution >= 4 is 5.95 Å². The largest absolute Gasteiger partial charge is 0.339 e. The lowest BCUT2D eigenvalue weighted by Gasteiger charge is -2.18. The van der Waals surface area contributed by atoms with Gasteiger partial charge in [-0.3, -0.25) is 9.36 Å². The second-order valence-corrected chi connectivity index (χ2v) is 7.46. The van der Waals surface area contributed by atoms with Crippen LogP contribution in [-0.2, 0) is 13.6 Å². The molecule has 0 bridgehead atoms. The van der Waals surface area contributed by atoms with E-state index in [0.29, 0.717) is 12.0 Å². The van der Waals surface area contributed by atoms with Crippen molar-refractivity contribution in [3.05, 3.63) is 40.6 Å². The summed E-state index contributed by atoms with van der Waals surface area (Å²) >= 11 is 0. The predicted octanol–water partition coefficient (Wildman–Crippen LogP) is 3.52. The van der Waals surface area contributed by atoms with Crippen LogP contribution in [0.1, 0.15) is 48.2 Å². The van der Waals surface area contributed by atoms with Crippen LogP contribution >= 0.6 is 0 Å². The zero-order valence-electron chi connectivity index (χ0n) is 17.6.